The first-order valence-corrected chi connectivity index (χ1v) is 13.1. The first-order valence-electron chi connectivity index (χ1n) is 12.7. The third kappa shape index (κ3) is 6.82. The minimum atomic E-state index is -0.569. The summed E-state index contributed by atoms with van der Waals surface area (Å²) in [7, 11) is 1.80. The van der Waals surface area contributed by atoms with Gasteiger partial charge in [-0.2, -0.15) is 0 Å². The maximum absolute atomic E-state index is 14.2. The summed E-state index contributed by atoms with van der Waals surface area (Å²) in [5.41, 5.74) is 2.39. The Balaban J connectivity index is 2.25. The van der Waals surface area contributed by atoms with E-state index in [1.54, 1.807) is 18.0 Å². The van der Waals surface area contributed by atoms with Gasteiger partial charge in [-0.15, -0.1) is 0 Å². The first-order chi connectivity index (χ1) is 18.6. The van der Waals surface area contributed by atoms with E-state index in [9.17, 15) is 19.1 Å². The number of nitrogens with one attached hydrogen (secondary N) is 1. The molecular formula is C30H34ClFN4O3. The number of phenolic OH excluding ortho intramolecular Hbond substituents is 1. The van der Waals surface area contributed by atoms with E-state index in [-0.39, 0.29) is 45.6 Å². The van der Waals surface area contributed by atoms with Gasteiger partial charge in [0.15, 0.2) is 0 Å². The van der Waals surface area contributed by atoms with E-state index in [1.165, 1.54) is 17.0 Å². The monoisotopic (exact) mass is 552 g/mol. The highest BCUT2D eigenvalue weighted by Gasteiger charge is 2.26. The van der Waals surface area contributed by atoms with E-state index in [0.717, 1.165) is 17.7 Å². The molecule has 1 unspecified atom stereocenters. The van der Waals surface area contributed by atoms with Gasteiger partial charge in [0.05, 0.1) is 16.4 Å². The number of carbonyl (C=O) groups excluding carboxylic acids is 2. The number of nitrogens with zero attached hydrogens (tertiary/aromatic N) is 3. The summed E-state index contributed by atoms with van der Waals surface area (Å²) in [6.07, 6.45) is 1.94. The molecule has 0 radical (unpaired) electrons. The molecule has 3 rings (SSSR count). The van der Waals surface area contributed by atoms with Crippen LogP contribution in [0.15, 0.2) is 61.2 Å². The molecule has 3 aromatic rings. The van der Waals surface area contributed by atoms with Gasteiger partial charge in [0.1, 0.15) is 17.4 Å². The Morgan fingerprint density at radius 2 is 1.90 bits per heavy atom. The van der Waals surface area contributed by atoms with Crippen LogP contribution < -0.4 is 10.2 Å². The lowest BCUT2D eigenvalue weighted by molar-refractivity contribution is -0.126. The molecule has 2 aromatic carbocycles. The van der Waals surface area contributed by atoms with Crippen molar-refractivity contribution in [1.29, 1.82) is 0 Å². The maximum atomic E-state index is 14.2. The van der Waals surface area contributed by atoms with Crippen molar-refractivity contribution in [2.75, 3.05) is 31.6 Å². The zero-order valence-corrected chi connectivity index (χ0v) is 23.4. The van der Waals surface area contributed by atoms with Crippen molar-refractivity contribution in [1.82, 2.24) is 15.2 Å². The van der Waals surface area contributed by atoms with Gasteiger partial charge in [-0.3, -0.25) is 14.5 Å². The van der Waals surface area contributed by atoms with Gasteiger partial charge in [-0.05, 0) is 54.9 Å². The van der Waals surface area contributed by atoms with Gasteiger partial charge in [0.25, 0.3) is 0 Å². The Hall–Kier alpha value is -3.75. The predicted octanol–water partition coefficient (Wildman–Crippen LogP) is 6.00. The minimum Gasteiger partial charge on any atom is -0.507 e. The van der Waals surface area contributed by atoms with Crippen molar-refractivity contribution >= 4 is 35.4 Å². The van der Waals surface area contributed by atoms with E-state index >= 15 is 0 Å². The molecule has 7 nitrogen and oxygen atoms in total. The lowest BCUT2D eigenvalue weighted by atomic mass is 9.97. The average Bonchev–Trinajstić information content (AvgIpc) is 2.93. The van der Waals surface area contributed by atoms with Crippen LogP contribution in [0.4, 0.5) is 15.9 Å². The highest BCUT2D eigenvalue weighted by atomic mass is 35.5. The number of phenols is 1. The summed E-state index contributed by atoms with van der Waals surface area (Å²) in [4.78, 5) is 33.1. The van der Waals surface area contributed by atoms with Crippen molar-refractivity contribution in [3.63, 3.8) is 0 Å². The number of pyridine rings is 1. The number of hydrogen-bond acceptors (Lipinski definition) is 5. The van der Waals surface area contributed by atoms with Crippen molar-refractivity contribution in [2.45, 2.75) is 32.6 Å². The molecule has 9 heteroatoms. The summed E-state index contributed by atoms with van der Waals surface area (Å²) in [5.74, 6) is -0.933. The van der Waals surface area contributed by atoms with Crippen LogP contribution >= 0.6 is 11.6 Å². The fourth-order valence-electron chi connectivity index (χ4n) is 4.45. The lowest BCUT2D eigenvalue weighted by Crippen LogP contribution is -2.37. The second-order valence-corrected chi connectivity index (χ2v) is 9.98. The molecule has 1 atom stereocenters. The molecule has 2 N–H and O–H groups in total. The largest absolute Gasteiger partial charge is 0.507 e. The number of likely N-dealkylation sites (N-methyl/N-ethyl adjacent to an activating group) is 1. The minimum absolute atomic E-state index is 0.0981. The van der Waals surface area contributed by atoms with E-state index in [2.05, 4.69) is 11.9 Å². The van der Waals surface area contributed by atoms with Gasteiger partial charge < -0.3 is 15.3 Å². The average molecular weight is 553 g/mol. The third-order valence-electron chi connectivity index (χ3n) is 6.49. The Bertz CT molecular complexity index is 1350. The normalized spacial score (nSPS) is 11.8. The van der Waals surface area contributed by atoms with Crippen LogP contribution in [0.2, 0.25) is 5.02 Å². The van der Waals surface area contributed by atoms with Gasteiger partial charge in [0.2, 0.25) is 12.3 Å². The maximum Gasteiger partial charge on any atom is 0.246 e. The zero-order valence-electron chi connectivity index (χ0n) is 22.6. The number of aromatic hydroxyl groups is 1. The van der Waals surface area contributed by atoms with Crippen LogP contribution in [0.1, 0.15) is 43.7 Å². The number of benzene rings is 2. The summed E-state index contributed by atoms with van der Waals surface area (Å²) in [6.45, 7) is 10.9. The quantitative estimate of drug-likeness (QED) is 0.212. The zero-order chi connectivity index (χ0) is 28.7. The summed E-state index contributed by atoms with van der Waals surface area (Å²) >= 11 is 6.68. The molecule has 0 saturated carbocycles. The van der Waals surface area contributed by atoms with E-state index in [0.29, 0.717) is 37.3 Å². The highest BCUT2D eigenvalue weighted by molar-refractivity contribution is 6.33. The van der Waals surface area contributed by atoms with E-state index < -0.39 is 5.82 Å². The SMILES string of the molecule is C=CC(=O)N(CCNC)CC(C)c1cc(Cl)c(-c2cc(F)ccc2O)nc1N(C=O)c1ccccc1C(C)C. The molecule has 206 valence electrons. The van der Waals surface area contributed by atoms with Crippen LogP contribution in [0.5, 0.6) is 5.75 Å². The number of anilines is 2. The number of para-hydroxylation sites is 1. The fraction of sp³-hybridized carbons (Fsp3) is 0.300. The van der Waals surface area contributed by atoms with Crippen LogP contribution in [0, 0.1) is 5.82 Å². The molecule has 0 bridgehead atoms. The second kappa shape index (κ2) is 13.4. The molecule has 0 aliphatic heterocycles. The van der Waals surface area contributed by atoms with Gasteiger partial charge >= 0.3 is 0 Å². The topological polar surface area (TPSA) is 85.8 Å². The van der Waals surface area contributed by atoms with Crippen LogP contribution in [0.25, 0.3) is 11.3 Å². The van der Waals surface area contributed by atoms with Crippen molar-refractivity contribution in [2.24, 2.45) is 0 Å². The van der Waals surface area contributed by atoms with Crippen molar-refractivity contribution in [3.8, 4) is 17.0 Å². The van der Waals surface area contributed by atoms with Crippen LogP contribution in [-0.4, -0.2) is 54.0 Å². The standard InChI is InChI=1S/C30H34ClFN4O3/c1-6-28(39)35(14-13-33-5)17-20(4)23-16-25(31)29(24-15-21(32)11-12-27(24)38)34-30(23)36(18-37)26-10-8-7-9-22(26)19(2)3/h6-12,15-16,18-20,33,38H,1,13-14,17H2,2-5H3. The number of halogens is 2. The van der Waals surface area contributed by atoms with Crippen molar-refractivity contribution in [3.05, 3.63) is 83.2 Å². The first kappa shape index (κ1) is 29.8. The molecule has 2 amide bonds. The molecular weight excluding hydrogens is 519 g/mol. The van der Waals surface area contributed by atoms with Crippen LogP contribution in [-0.2, 0) is 9.59 Å². The number of aromatic nitrogens is 1. The molecule has 0 spiro atoms. The number of hydrogen-bond donors (Lipinski definition) is 2. The Morgan fingerprint density at radius 3 is 2.54 bits per heavy atom. The number of rotatable bonds is 12. The molecule has 0 aliphatic carbocycles. The summed E-state index contributed by atoms with van der Waals surface area (Å²) < 4.78 is 14.2. The number of carbonyl (C=O) groups is 2. The predicted molar refractivity (Wildman–Crippen MR) is 154 cm³/mol. The fourth-order valence-corrected chi connectivity index (χ4v) is 4.71. The van der Waals surface area contributed by atoms with Crippen molar-refractivity contribution < 1.29 is 19.1 Å². The van der Waals surface area contributed by atoms with Crippen LogP contribution in [0.3, 0.4) is 0 Å². The Morgan fingerprint density at radius 1 is 1.18 bits per heavy atom. The highest BCUT2D eigenvalue weighted by Crippen LogP contribution is 2.41. The molecule has 39 heavy (non-hydrogen) atoms. The molecule has 0 fully saturated rings. The van der Waals surface area contributed by atoms with E-state index in [1.807, 2.05) is 45.0 Å². The van der Waals surface area contributed by atoms with E-state index in [4.69, 9.17) is 16.6 Å². The van der Waals surface area contributed by atoms with Gasteiger partial charge in [-0.1, -0.05) is 57.2 Å². The van der Waals surface area contributed by atoms with Gasteiger partial charge in [0, 0.05) is 36.7 Å². The lowest BCUT2D eigenvalue weighted by Gasteiger charge is -2.29. The number of amides is 2. The molecule has 1 heterocycles. The smallest absolute Gasteiger partial charge is 0.246 e. The summed E-state index contributed by atoms with van der Waals surface area (Å²) in [5, 5.41) is 13.7. The Labute approximate surface area is 233 Å². The molecule has 0 aliphatic rings. The third-order valence-corrected chi connectivity index (χ3v) is 6.78. The van der Waals surface area contributed by atoms with Gasteiger partial charge in [-0.25, -0.2) is 9.37 Å². The molecule has 0 saturated heterocycles. The summed E-state index contributed by atoms with van der Waals surface area (Å²) in [6, 6.07) is 12.7. The second-order valence-electron chi connectivity index (χ2n) is 9.58. The Kier molecular flexibility index (Phi) is 10.2. The molecule has 1 aromatic heterocycles.